The van der Waals surface area contributed by atoms with Crippen molar-refractivity contribution in [2.24, 2.45) is 5.73 Å². The van der Waals surface area contributed by atoms with Gasteiger partial charge in [-0.05, 0) is 30.7 Å². The summed E-state index contributed by atoms with van der Waals surface area (Å²) in [4.78, 5) is 4.25. The van der Waals surface area contributed by atoms with Crippen molar-refractivity contribution in [3.63, 3.8) is 0 Å². The van der Waals surface area contributed by atoms with E-state index in [2.05, 4.69) is 4.98 Å². The van der Waals surface area contributed by atoms with Crippen molar-refractivity contribution >= 4 is 0 Å². The second kappa shape index (κ2) is 3.64. The molecule has 2 heterocycles. The van der Waals surface area contributed by atoms with Crippen LogP contribution in [0.4, 0.5) is 0 Å². The molecule has 0 saturated heterocycles. The molecule has 0 saturated carbocycles. The molecule has 2 N–H and O–H groups in total. The first kappa shape index (κ1) is 8.97. The van der Waals surface area contributed by atoms with Gasteiger partial charge in [0.25, 0.3) is 0 Å². The highest BCUT2D eigenvalue weighted by Crippen LogP contribution is 2.20. The molecule has 0 amide bonds. The molecular weight excluding hydrogens is 176 g/mol. The molecule has 2 aromatic rings. The van der Waals surface area contributed by atoms with E-state index in [0.717, 1.165) is 17.0 Å². The van der Waals surface area contributed by atoms with Crippen LogP contribution < -0.4 is 5.73 Å². The Balaban J connectivity index is 2.37. The van der Waals surface area contributed by atoms with Crippen LogP contribution in [-0.4, -0.2) is 4.98 Å². The van der Waals surface area contributed by atoms with Crippen LogP contribution in [0, 0.1) is 6.92 Å². The predicted molar refractivity (Wildman–Crippen MR) is 53.7 cm³/mol. The second-order valence-electron chi connectivity index (χ2n) is 3.20. The van der Waals surface area contributed by atoms with E-state index in [9.17, 15) is 0 Å². The lowest BCUT2D eigenvalue weighted by atomic mass is 10.1. The number of furan rings is 1. The van der Waals surface area contributed by atoms with Gasteiger partial charge in [0.05, 0.1) is 12.0 Å². The molecule has 2 aromatic heterocycles. The van der Waals surface area contributed by atoms with Crippen LogP contribution >= 0.6 is 0 Å². The van der Waals surface area contributed by atoms with Crippen molar-refractivity contribution < 1.29 is 4.42 Å². The Hall–Kier alpha value is -1.61. The first-order chi connectivity index (χ1) is 6.79. The lowest BCUT2D eigenvalue weighted by molar-refractivity contribution is 0.485. The molecule has 3 heteroatoms. The average Bonchev–Trinajstić information content (AvgIpc) is 2.70. The molecule has 1 unspecified atom stereocenters. The fourth-order valence-electron chi connectivity index (χ4n) is 1.43. The van der Waals surface area contributed by atoms with E-state index in [4.69, 9.17) is 10.2 Å². The summed E-state index contributed by atoms with van der Waals surface area (Å²) in [7, 11) is 0. The maximum Gasteiger partial charge on any atom is 0.126 e. The van der Waals surface area contributed by atoms with Crippen LogP contribution in [-0.2, 0) is 0 Å². The second-order valence-corrected chi connectivity index (χ2v) is 3.20. The molecule has 14 heavy (non-hydrogen) atoms. The van der Waals surface area contributed by atoms with E-state index in [1.54, 1.807) is 12.5 Å². The first-order valence-electron chi connectivity index (χ1n) is 4.49. The maximum atomic E-state index is 6.01. The Morgan fingerprint density at radius 2 is 2.21 bits per heavy atom. The number of nitrogens with two attached hydrogens (primary N) is 1. The molecular formula is C11H12N2O. The zero-order valence-electron chi connectivity index (χ0n) is 7.97. The summed E-state index contributed by atoms with van der Waals surface area (Å²) in [5, 5.41) is 0. The van der Waals surface area contributed by atoms with E-state index in [-0.39, 0.29) is 6.04 Å². The molecule has 0 radical (unpaired) electrons. The number of aryl methyl sites for hydroxylation is 1. The van der Waals surface area contributed by atoms with Crippen LogP contribution in [0.1, 0.15) is 23.1 Å². The van der Waals surface area contributed by atoms with Crippen LogP contribution in [0.2, 0.25) is 0 Å². The largest absolute Gasteiger partial charge is 0.467 e. The number of rotatable bonds is 2. The fraction of sp³-hybridized carbons (Fsp3) is 0.182. The summed E-state index contributed by atoms with van der Waals surface area (Å²) in [6.45, 7) is 1.99. The van der Waals surface area contributed by atoms with E-state index in [1.165, 1.54) is 0 Å². The number of nitrogens with zero attached hydrogens (tertiary/aromatic N) is 1. The molecule has 0 aliphatic carbocycles. The van der Waals surface area contributed by atoms with Gasteiger partial charge < -0.3 is 10.2 Å². The lowest BCUT2D eigenvalue weighted by Gasteiger charge is -2.10. The Morgan fingerprint density at radius 1 is 1.36 bits per heavy atom. The Morgan fingerprint density at radius 3 is 2.86 bits per heavy atom. The first-order valence-corrected chi connectivity index (χ1v) is 4.49. The number of hydrogen-bond acceptors (Lipinski definition) is 3. The van der Waals surface area contributed by atoms with Gasteiger partial charge in [-0.25, -0.2) is 0 Å². The minimum Gasteiger partial charge on any atom is -0.467 e. The molecule has 0 bridgehead atoms. The topological polar surface area (TPSA) is 52.0 Å². The van der Waals surface area contributed by atoms with Crippen molar-refractivity contribution in [1.82, 2.24) is 4.98 Å². The third kappa shape index (κ3) is 1.54. The third-order valence-corrected chi connectivity index (χ3v) is 2.19. The highest BCUT2D eigenvalue weighted by atomic mass is 16.3. The quantitative estimate of drug-likeness (QED) is 0.784. The van der Waals surface area contributed by atoms with Gasteiger partial charge in [0.15, 0.2) is 0 Å². The minimum atomic E-state index is -0.272. The zero-order valence-corrected chi connectivity index (χ0v) is 7.97. The van der Waals surface area contributed by atoms with Gasteiger partial charge in [0.1, 0.15) is 11.8 Å². The molecule has 0 aromatic carbocycles. The zero-order chi connectivity index (χ0) is 9.97. The SMILES string of the molecule is Cc1cccnc1C(N)c1ccco1. The molecule has 0 fully saturated rings. The summed E-state index contributed by atoms with van der Waals surface area (Å²) in [6.07, 6.45) is 3.36. The van der Waals surface area contributed by atoms with Gasteiger partial charge in [-0.2, -0.15) is 0 Å². The monoisotopic (exact) mass is 188 g/mol. The highest BCUT2D eigenvalue weighted by molar-refractivity contribution is 5.26. The Labute approximate surface area is 82.6 Å². The molecule has 0 spiro atoms. The van der Waals surface area contributed by atoms with Gasteiger partial charge in [-0.3, -0.25) is 4.98 Å². The lowest BCUT2D eigenvalue weighted by Crippen LogP contribution is -2.14. The number of pyridine rings is 1. The Bertz CT molecular complexity index is 409. The summed E-state index contributed by atoms with van der Waals surface area (Å²) >= 11 is 0. The molecule has 2 rings (SSSR count). The summed E-state index contributed by atoms with van der Waals surface area (Å²) in [5.41, 5.74) is 7.95. The van der Waals surface area contributed by atoms with Crippen molar-refractivity contribution in [1.29, 1.82) is 0 Å². The summed E-state index contributed by atoms with van der Waals surface area (Å²) < 4.78 is 5.24. The average molecular weight is 188 g/mol. The maximum absolute atomic E-state index is 6.01. The normalized spacial score (nSPS) is 12.7. The summed E-state index contributed by atoms with van der Waals surface area (Å²) in [5.74, 6) is 0.742. The number of aromatic nitrogens is 1. The van der Waals surface area contributed by atoms with E-state index in [0.29, 0.717) is 0 Å². The van der Waals surface area contributed by atoms with Crippen LogP contribution in [0.5, 0.6) is 0 Å². The van der Waals surface area contributed by atoms with Gasteiger partial charge in [-0.1, -0.05) is 6.07 Å². The van der Waals surface area contributed by atoms with Crippen LogP contribution in [0.25, 0.3) is 0 Å². The fourth-order valence-corrected chi connectivity index (χ4v) is 1.43. The van der Waals surface area contributed by atoms with Crippen molar-refractivity contribution in [2.45, 2.75) is 13.0 Å². The van der Waals surface area contributed by atoms with Crippen LogP contribution in [0.3, 0.4) is 0 Å². The third-order valence-electron chi connectivity index (χ3n) is 2.19. The highest BCUT2D eigenvalue weighted by Gasteiger charge is 2.14. The van der Waals surface area contributed by atoms with Crippen LogP contribution in [0.15, 0.2) is 41.1 Å². The number of hydrogen-bond donors (Lipinski definition) is 1. The Kier molecular flexibility index (Phi) is 2.33. The van der Waals surface area contributed by atoms with Crippen molar-refractivity contribution in [3.05, 3.63) is 53.7 Å². The summed E-state index contributed by atoms with van der Waals surface area (Å²) in [6, 6.07) is 7.30. The van der Waals surface area contributed by atoms with Gasteiger partial charge in [0, 0.05) is 6.20 Å². The van der Waals surface area contributed by atoms with Gasteiger partial charge >= 0.3 is 0 Å². The molecule has 72 valence electrons. The van der Waals surface area contributed by atoms with E-state index >= 15 is 0 Å². The predicted octanol–water partition coefficient (Wildman–Crippen LogP) is 2.03. The molecule has 0 aliphatic rings. The minimum absolute atomic E-state index is 0.272. The molecule has 1 atom stereocenters. The van der Waals surface area contributed by atoms with Gasteiger partial charge in [-0.15, -0.1) is 0 Å². The smallest absolute Gasteiger partial charge is 0.126 e. The van der Waals surface area contributed by atoms with Crippen molar-refractivity contribution in [3.8, 4) is 0 Å². The van der Waals surface area contributed by atoms with E-state index < -0.39 is 0 Å². The standard InChI is InChI=1S/C11H12N2O/c1-8-4-2-6-13-11(8)10(12)9-5-3-7-14-9/h2-7,10H,12H2,1H3. The van der Waals surface area contributed by atoms with Crippen molar-refractivity contribution in [2.75, 3.05) is 0 Å². The van der Waals surface area contributed by atoms with E-state index in [1.807, 2.05) is 31.2 Å². The van der Waals surface area contributed by atoms with Gasteiger partial charge in [0.2, 0.25) is 0 Å². The molecule has 3 nitrogen and oxygen atoms in total. The molecule has 0 aliphatic heterocycles.